The van der Waals surface area contributed by atoms with E-state index in [0.717, 1.165) is 10.4 Å². The van der Waals surface area contributed by atoms with Crippen LogP contribution in [0.5, 0.6) is 5.75 Å². The first-order chi connectivity index (χ1) is 15.5. The predicted molar refractivity (Wildman–Crippen MR) is 122 cm³/mol. The van der Waals surface area contributed by atoms with E-state index >= 15 is 0 Å². The van der Waals surface area contributed by atoms with Crippen LogP contribution in [0.25, 0.3) is 0 Å². The highest BCUT2D eigenvalue weighted by molar-refractivity contribution is 7.92. The van der Waals surface area contributed by atoms with Gasteiger partial charge in [-0.15, -0.1) is 0 Å². The zero-order chi connectivity index (χ0) is 24.8. The lowest BCUT2D eigenvalue weighted by atomic mass is 10.2. The van der Waals surface area contributed by atoms with E-state index in [1.54, 1.807) is 31.2 Å². The maximum Gasteiger partial charge on any atom is 0.340 e. The van der Waals surface area contributed by atoms with Gasteiger partial charge in [0, 0.05) is 13.6 Å². The molecule has 0 aliphatic rings. The Morgan fingerprint density at radius 3 is 2.45 bits per heavy atom. The third-order valence-electron chi connectivity index (χ3n) is 4.47. The molecule has 0 heterocycles. The number of carbonyl (C=O) groups is 3. The van der Waals surface area contributed by atoms with Gasteiger partial charge < -0.3 is 14.8 Å². The molecule has 0 radical (unpaired) electrons. The number of halogens is 1. The minimum atomic E-state index is -4.11. The quantitative estimate of drug-likeness (QED) is 0.536. The Labute approximate surface area is 196 Å². The summed E-state index contributed by atoms with van der Waals surface area (Å²) in [5.74, 6) is -1.55. The van der Waals surface area contributed by atoms with Crippen molar-refractivity contribution in [2.24, 2.45) is 0 Å². The van der Waals surface area contributed by atoms with Crippen molar-refractivity contribution in [1.82, 2.24) is 10.6 Å². The molecule has 1 atom stereocenters. The largest absolute Gasteiger partial charge is 0.495 e. The van der Waals surface area contributed by atoms with E-state index in [1.165, 1.54) is 33.2 Å². The topological polar surface area (TPSA) is 131 Å². The highest BCUT2D eigenvalue weighted by Crippen LogP contribution is 2.32. The Kier molecular flexibility index (Phi) is 8.66. The number of esters is 1. The standard InChI is InChI=1S/C21H24ClN3O7S/c1-5-23-21(28)24-19(26)13(2)32-20(27)15-12-14(10-11-16(15)22)33(29,30)25(3)17-8-6-7-9-18(17)31-4/h6-13H,5H2,1-4H3,(H2,23,24,26,28)/t13-/m0/s1. The number of benzene rings is 2. The summed E-state index contributed by atoms with van der Waals surface area (Å²) in [7, 11) is -1.35. The zero-order valence-electron chi connectivity index (χ0n) is 18.4. The van der Waals surface area contributed by atoms with Crippen LogP contribution in [0, 0.1) is 0 Å². The first-order valence-electron chi connectivity index (χ1n) is 9.74. The number of nitrogens with zero attached hydrogens (tertiary/aromatic N) is 1. The third-order valence-corrected chi connectivity index (χ3v) is 6.56. The number of hydrogen-bond acceptors (Lipinski definition) is 7. The molecule has 2 N–H and O–H groups in total. The Morgan fingerprint density at radius 2 is 1.82 bits per heavy atom. The molecular weight excluding hydrogens is 474 g/mol. The van der Waals surface area contributed by atoms with Crippen molar-refractivity contribution in [3.05, 3.63) is 53.1 Å². The summed E-state index contributed by atoms with van der Waals surface area (Å²) in [4.78, 5) is 35.8. The molecule has 0 bridgehead atoms. The minimum Gasteiger partial charge on any atom is -0.495 e. The highest BCUT2D eigenvalue weighted by atomic mass is 35.5. The Bertz CT molecular complexity index is 1150. The van der Waals surface area contributed by atoms with E-state index in [-0.39, 0.29) is 21.2 Å². The van der Waals surface area contributed by atoms with Crippen LogP contribution in [0.1, 0.15) is 24.2 Å². The summed E-state index contributed by atoms with van der Waals surface area (Å²) in [6, 6.07) is 9.32. The smallest absolute Gasteiger partial charge is 0.340 e. The van der Waals surface area contributed by atoms with Crippen LogP contribution in [-0.4, -0.2) is 53.1 Å². The van der Waals surface area contributed by atoms with Crippen molar-refractivity contribution in [1.29, 1.82) is 0 Å². The number of methoxy groups -OCH3 is 1. The van der Waals surface area contributed by atoms with E-state index in [9.17, 15) is 22.8 Å². The SMILES string of the molecule is CCNC(=O)NC(=O)[C@H](C)OC(=O)c1cc(S(=O)(=O)N(C)c2ccccc2OC)ccc1Cl. The van der Waals surface area contributed by atoms with Gasteiger partial charge in [-0.25, -0.2) is 18.0 Å². The van der Waals surface area contributed by atoms with E-state index < -0.39 is 34.0 Å². The molecule has 3 amide bonds. The monoisotopic (exact) mass is 497 g/mol. The molecule has 0 saturated carbocycles. The number of para-hydroxylation sites is 2. The molecule has 2 rings (SSSR count). The second-order valence-electron chi connectivity index (χ2n) is 6.68. The summed E-state index contributed by atoms with van der Waals surface area (Å²) in [6.45, 7) is 3.23. The van der Waals surface area contributed by atoms with Gasteiger partial charge in [-0.3, -0.25) is 14.4 Å². The van der Waals surface area contributed by atoms with Crippen molar-refractivity contribution in [3.8, 4) is 5.75 Å². The van der Waals surface area contributed by atoms with E-state index in [0.29, 0.717) is 12.3 Å². The van der Waals surface area contributed by atoms with E-state index in [2.05, 4.69) is 5.32 Å². The van der Waals surface area contributed by atoms with Crippen LogP contribution in [-0.2, 0) is 19.6 Å². The molecule has 0 saturated heterocycles. The normalized spacial score (nSPS) is 11.8. The fourth-order valence-electron chi connectivity index (χ4n) is 2.69. The van der Waals surface area contributed by atoms with Crippen LogP contribution in [0.3, 0.4) is 0 Å². The molecular formula is C21H24ClN3O7S. The maximum atomic E-state index is 13.2. The molecule has 0 unspecified atom stereocenters. The Balaban J connectivity index is 2.28. The summed E-state index contributed by atoms with van der Waals surface area (Å²) in [5, 5.41) is 4.31. The fraction of sp³-hybridized carbons (Fsp3) is 0.286. The lowest BCUT2D eigenvalue weighted by molar-refractivity contribution is -0.127. The molecule has 0 spiro atoms. The van der Waals surface area contributed by atoms with Gasteiger partial charge in [0.25, 0.3) is 15.9 Å². The average Bonchev–Trinajstić information content (AvgIpc) is 2.78. The van der Waals surface area contributed by atoms with Gasteiger partial charge >= 0.3 is 12.0 Å². The Morgan fingerprint density at radius 1 is 1.15 bits per heavy atom. The van der Waals surface area contributed by atoms with Gasteiger partial charge in [0.05, 0.1) is 28.3 Å². The van der Waals surface area contributed by atoms with Gasteiger partial charge in [0.2, 0.25) is 0 Å². The molecule has 2 aromatic carbocycles. The molecule has 10 nitrogen and oxygen atoms in total. The number of sulfonamides is 1. The molecule has 0 fully saturated rings. The van der Waals surface area contributed by atoms with Crippen molar-refractivity contribution in [2.45, 2.75) is 24.8 Å². The lowest BCUT2D eigenvalue weighted by Crippen LogP contribution is -2.44. The maximum absolute atomic E-state index is 13.2. The second kappa shape index (κ2) is 11.0. The number of rotatable bonds is 8. The minimum absolute atomic E-state index is 0.0739. The number of hydrogen-bond donors (Lipinski definition) is 2. The van der Waals surface area contributed by atoms with Gasteiger partial charge in [0.1, 0.15) is 5.75 Å². The van der Waals surface area contributed by atoms with Crippen LogP contribution in [0.2, 0.25) is 5.02 Å². The van der Waals surface area contributed by atoms with Crippen LogP contribution in [0.15, 0.2) is 47.4 Å². The summed E-state index contributed by atoms with van der Waals surface area (Å²) in [5.41, 5.74) is 0.0264. The van der Waals surface area contributed by atoms with Crippen molar-refractivity contribution in [2.75, 3.05) is 25.0 Å². The first kappa shape index (κ1) is 25.9. The van der Waals surface area contributed by atoms with Crippen molar-refractivity contribution >= 4 is 45.2 Å². The summed E-state index contributed by atoms with van der Waals surface area (Å²) >= 11 is 6.08. The van der Waals surface area contributed by atoms with Crippen LogP contribution >= 0.6 is 11.6 Å². The fourth-order valence-corrected chi connectivity index (χ4v) is 4.12. The lowest BCUT2D eigenvalue weighted by Gasteiger charge is -2.22. The Hall–Kier alpha value is -3.31. The van der Waals surface area contributed by atoms with Crippen molar-refractivity contribution < 1.29 is 32.3 Å². The van der Waals surface area contributed by atoms with Gasteiger partial charge in [-0.05, 0) is 44.2 Å². The number of ether oxygens (including phenoxy) is 2. The van der Waals surface area contributed by atoms with Crippen LogP contribution < -0.4 is 19.7 Å². The molecule has 33 heavy (non-hydrogen) atoms. The number of imide groups is 1. The number of nitrogens with one attached hydrogen (secondary N) is 2. The van der Waals surface area contributed by atoms with E-state index in [1.807, 2.05) is 5.32 Å². The molecule has 2 aromatic rings. The molecule has 0 aliphatic carbocycles. The summed E-state index contributed by atoms with van der Waals surface area (Å²) in [6.07, 6.45) is -1.34. The number of carbonyl (C=O) groups excluding carboxylic acids is 3. The molecule has 12 heteroatoms. The molecule has 0 aliphatic heterocycles. The molecule has 178 valence electrons. The van der Waals surface area contributed by atoms with Gasteiger partial charge in [-0.1, -0.05) is 23.7 Å². The number of amides is 3. The van der Waals surface area contributed by atoms with Crippen molar-refractivity contribution in [3.63, 3.8) is 0 Å². The van der Waals surface area contributed by atoms with E-state index in [4.69, 9.17) is 21.1 Å². The highest BCUT2D eigenvalue weighted by Gasteiger charge is 2.27. The second-order valence-corrected chi connectivity index (χ2v) is 9.06. The van der Waals surface area contributed by atoms with Crippen LogP contribution in [0.4, 0.5) is 10.5 Å². The zero-order valence-corrected chi connectivity index (χ0v) is 20.0. The summed E-state index contributed by atoms with van der Waals surface area (Å²) < 4.78 is 37.6. The third kappa shape index (κ3) is 6.14. The number of anilines is 1. The number of urea groups is 1. The van der Waals surface area contributed by atoms with Gasteiger partial charge in [-0.2, -0.15) is 0 Å². The molecule has 0 aromatic heterocycles. The van der Waals surface area contributed by atoms with Gasteiger partial charge in [0.15, 0.2) is 6.10 Å². The first-order valence-corrected chi connectivity index (χ1v) is 11.6. The average molecular weight is 498 g/mol. The predicted octanol–water partition coefficient (Wildman–Crippen LogP) is 2.56.